The second kappa shape index (κ2) is 9.23. The lowest BCUT2D eigenvalue weighted by Gasteiger charge is -2.36. The Bertz CT molecular complexity index is 696. The van der Waals surface area contributed by atoms with Gasteiger partial charge in [-0.25, -0.2) is 4.98 Å². The van der Waals surface area contributed by atoms with Gasteiger partial charge < -0.3 is 10.2 Å². The number of nitrogens with one attached hydrogen (secondary N) is 1. The Morgan fingerprint density at radius 2 is 1.96 bits per heavy atom. The maximum absolute atomic E-state index is 12.8. The fourth-order valence-corrected chi connectivity index (χ4v) is 3.04. The van der Waals surface area contributed by atoms with Crippen molar-refractivity contribution in [1.29, 1.82) is 0 Å². The monoisotopic (exact) mass is 387 g/mol. The summed E-state index contributed by atoms with van der Waals surface area (Å²) in [5.74, 6) is -0.0462. The van der Waals surface area contributed by atoms with E-state index in [2.05, 4.69) is 10.3 Å². The van der Waals surface area contributed by atoms with Crippen LogP contribution in [-0.4, -0.2) is 35.4 Å². The van der Waals surface area contributed by atoms with E-state index in [0.29, 0.717) is 23.8 Å². The van der Waals surface area contributed by atoms with Crippen LogP contribution in [0.4, 0.5) is 0 Å². The van der Waals surface area contributed by atoms with E-state index in [1.54, 1.807) is 6.07 Å². The van der Waals surface area contributed by atoms with Crippen LogP contribution in [0.15, 0.2) is 42.5 Å². The van der Waals surface area contributed by atoms with E-state index < -0.39 is 0 Å². The third-order valence-corrected chi connectivity index (χ3v) is 4.22. The van der Waals surface area contributed by atoms with Gasteiger partial charge >= 0.3 is 0 Å². The number of aromatic nitrogens is 1. The van der Waals surface area contributed by atoms with Crippen molar-refractivity contribution >= 4 is 42.3 Å². The molecule has 7 heteroatoms. The predicted molar refractivity (Wildman–Crippen MR) is 102 cm³/mol. The summed E-state index contributed by atoms with van der Waals surface area (Å²) in [4.78, 5) is 19.1. The number of piperazine rings is 1. The van der Waals surface area contributed by atoms with E-state index in [1.165, 1.54) is 0 Å². The van der Waals surface area contributed by atoms with E-state index in [-0.39, 0.29) is 36.8 Å². The van der Waals surface area contributed by atoms with Gasteiger partial charge in [0.1, 0.15) is 5.69 Å². The fourth-order valence-electron chi connectivity index (χ4n) is 2.78. The van der Waals surface area contributed by atoms with Gasteiger partial charge in [0.05, 0.1) is 6.04 Å². The molecule has 1 unspecified atom stereocenters. The van der Waals surface area contributed by atoms with Crippen molar-refractivity contribution in [2.45, 2.75) is 13.0 Å². The number of hydrogen-bond acceptors (Lipinski definition) is 3. The van der Waals surface area contributed by atoms with E-state index in [9.17, 15) is 4.79 Å². The van der Waals surface area contributed by atoms with Crippen LogP contribution in [0.5, 0.6) is 0 Å². The third kappa shape index (κ3) is 4.39. The van der Waals surface area contributed by atoms with Crippen LogP contribution in [-0.2, 0) is 0 Å². The molecule has 0 bridgehead atoms. The van der Waals surface area contributed by atoms with Crippen LogP contribution in [0.2, 0.25) is 5.02 Å². The first-order chi connectivity index (χ1) is 10.7. The number of benzene rings is 1. The molecule has 0 saturated carbocycles. The lowest BCUT2D eigenvalue weighted by Crippen LogP contribution is -2.49. The second-order valence-corrected chi connectivity index (χ2v) is 5.81. The normalized spacial score (nSPS) is 16.8. The molecule has 1 N–H and O–H groups in total. The molecular weight excluding hydrogens is 369 g/mol. The molecule has 1 amide bonds. The van der Waals surface area contributed by atoms with E-state index in [1.807, 2.05) is 48.2 Å². The van der Waals surface area contributed by atoms with Gasteiger partial charge in [-0.2, -0.15) is 0 Å². The van der Waals surface area contributed by atoms with Gasteiger partial charge in [0, 0.05) is 30.4 Å². The van der Waals surface area contributed by atoms with E-state index in [0.717, 1.165) is 17.8 Å². The van der Waals surface area contributed by atoms with Gasteiger partial charge in [0.25, 0.3) is 5.91 Å². The smallest absolute Gasteiger partial charge is 0.273 e. The highest BCUT2D eigenvalue weighted by atomic mass is 35.5. The lowest BCUT2D eigenvalue weighted by molar-refractivity contribution is 0.0628. The number of hydrogen-bond donors (Lipinski definition) is 1. The van der Waals surface area contributed by atoms with E-state index >= 15 is 0 Å². The summed E-state index contributed by atoms with van der Waals surface area (Å²) in [5.41, 5.74) is 2.30. The molecule has 3 rings (SSSR count). The summed E-state index contributed by atoms with van der Waals surface area (Å²) in [6.07, 6.45) is 0. The van der Waals surface area contributed by atoms with Crippen molar-refractivity contribution < 1.29 is 4.79 Å². The Morgan fingerprint density at radius 1 is 1.21 bits per heavy atom. The molecule has 2 aromatic rings. The zero-order valence-corrected chi connectivity index (χ0v) is 15.6. The van der Waals surface area contributed by atoms with Crippen molar-refractivity contribution in [1.82, 2.24) is 15.2 Å². The summed E-state index contributed by atoms with van der Waals surface area (Å²) in [5, 5.41) is 4.02. The topological polar surface area (TPSA) is 45.2 Å². The van der Waals surface area contributed by atoms with Crippen LogP contribution < -0.4 is 5.32 Å². The molecule has 1 saturated heterocycles. The van der Waals surface area contributed by atoms with Crippen LogP contribution >= 0.6 is 36.4 Å². The molecule has 1 aliphatic rings. The minimum absolute atomic E-state index is 0. The fraction of sp³-hybridized carbons (Fsp3) is 0.294. The number of carbonyl (C=O) groups excluding carboxylic acids is 1. The lowest BCUT2D eigenvalue weighted by atomic mass is 10.0. The Labute approximate surface area is 159 Å². The molecule has 130 valence electrons. The predicted octanol–water partition coefficient (Wildman–Crippen LogP) is 3.67. The Balaban J connectivity index is 0.00000144. The summed E-state index contributed by atoms with van der Waals surface area (Å²) < 4.78 is 0. The molecule has 1 aliphatic heterocycles. The zero-order chi connectivity index (χ0) is 15.5. The molecule has 0 radical (unpaired) electrons. The Hall–Kier alpha value is -1.33. The first-order valence-corrected chi connectivity index (χ1v) is 7.74. The molecule has 0 spiro atoms. The first-order valence-electron chi connectivity index (χ1n) is 7.36. The van der Waals surface area contributed by atoms with Gasteiger partial charge in [-0.1, -0.05) is 35.9 Å². The van der Waals surface area contributed by atoms with E-state index in [4.69, 9.17) is 11.6 Å². The summed E-state index contributed by atoms with van der Waals surface area (Å²) in [6, 6.07) is 13.1. The van der Waals surface area contributed by atoms with Crippen LogP contribution in [0.3, 0.4) is 0 Å². The number of aryl methyl sites for hydroxylation is 1. The average molecular weight is 389 g/mol. The number of halogens is 3. The van der Waals surface area contributed by atoms with Gasteiger partial charge in [0.15, 0.2) is 0 Å². The van der Waals surface area contributed by atoms with Crippen LogP contribution in [0, 0.1) is 6.92 Å². The van der Waals surface area contributed by atoms with Crippen molar-refractivity contribution in [2.75, 3.05) is 19.6 Å². The molecule has 1 aromatic heterocycles. The quantitative estimate of drug-likeness (QED) is 0.853. The number of nitrogens with zero attached hydrogens (tertiary/aromatic N) is 2. The summed E-state index contributed by atoms with van der Waals surface area (Å²) in [7, 11) is 0. The maximum Gasteiger partial charge on any atom is 0.273 e. The zero-order valence-electron chi connectivity index (χ0n) is 13.2. The molecular formula is C17H20Cl3N3O. The van der Waals surface area contributed by atoms with Gasteiger partial charge in [-0.15, -0.1) is 24.8 Å². The molecule has 0 aliphatic carbocycles. The highest BCUT2D eigenvalue weighted by molar-refractivity contribution is 6.31. The molecule has 1 fully saturated rings. The number of carbonyl (C=O) groups is 1. The van der Waals surface area contributed by atoms with Crippen molar-refractivity contribution in [3.8, 4) is 0 Å². The third-order valence-electron chi connectivity index (χ3n) is 3.88. The minimum Gasteiger partial charge on any atom is -0.328 e. The number of rotatable bonds is 2. The standard InChI is InChI=1S/C17H18ClN3O.2ClH/c1-12-5-4-8-15(20-12)17(22)21-10-9-19-11-16(21)13-6-2-3-7-14(13)18;;/h2-8,16,19H,9-11H2,1H3;2*1H. The van der Waals surface area contributed by atoms with Crippen molar-refractivity contribution in [2.24, 2.45) is 0 Å². The highest BCUT2D eigenvalue weighted by Gasteiger charge is 2.30. The minimum atomic E-state index is -0.0720. The maximum atomic E-state index is 12.8. The van der Waals surface area contributed by atoms with Crippen molar-refractivity contribution in [3.63, 3.8) is 0 Å². The second-order valence-electron chi connectivity index (χ2n) is 5.40. The van der Waals surface area contributed by atoms with Crippen molar-refractivity contribution in [3.05, 3.63) is 64.4 Å². The molecule has 24 heavy (non-hydrogen) atoms. The Morgan fingerprint density at radius 3 is 2.67 bits per heavy atom. The average Bonchev–Trinajstić information content (AvgIpc) is 2.55. The highest BCUT2D eigenvalue weighted by Crippen LogP contribution is 2.29. The summed E-state index contributed by atoms with van der Waals surface area (Å²) in [6.45, 7) is 4.00. The summed E-state index contributed by atoms with van der Waals surface area (Å²) >= 11 is 6.32. The first kappa shape index (κ1) is 20.7. The number of pyridine rings is 1. The van der Waals surface area contributed by atoms with Crippen LogP contribution in [0.25, 0.3) is 0 Å². The number of amides is 1. The van der Waals surface area contributed by atoms with Gasteiger partial charge in [0.2, 0.25) is 0 Å². The van der Waals surface area contributed by atoms with Gasteiger partial charge in [-0.3, -0.25) is 4.79 Å². The Kier molecular flexibility index (Phi) is 7.97. The SMILES string of the molecule is Cc1cccc(C(=O)N2CCNCC2c2ccccc2Cl)n1.Cl.Cl. The van der Waals surface area contributed by atoms with Gasteiger partial charge in [-0.05, 0) is 30.7 Å². The molecule has 2 heterocycles. The van der Waals surface area contributed by atoms with Crippen LogP contribution in [0.1, 0.15) is 27.8 Å². The molecule has 1 aromatic carbocycles. The largest absolute Gasteiger partial charge is 0.328 e. The molecule has 4 nitrogen and oxygen atoms in total. The molecule has 1 atom stereocenters.